The summed E-state index contributed by atoms with van der Waals surface area (Å²) in [7, 11) is 1.86. The van der Waals surface area contributed by atoms with E-state index in [-0.39, 0.29) is 18.1 Å². The number of hydrogen-bond donors (Lipinski definition) is 0. The van der Waals surface area contributed by atoms with Crippen LogP contribution in [0.25, 0.3) is 0 Å². The number of rotatable bonds is 2. The lowest BCUT2D eigenvalue weighted by molar-refractivity contribution is -0.159. The van der Waals surface area contributed by atoms with Gasteiger partial charge in [0.1, 0.15) is 25.4 Å². The van der Waals surface area contributed by atoms with Gasteiger partial charge in [-0.25, -0.2) is 0 Å². The molecule has 3 aliphatic heterocycles. The van der Waals surface area contributed by atoms with E-state index in [4.69, 9.17) is 14.2 Å². The first-order chi connectivity index (χ1) is 11.1. The molecule has 6 heteroatoms. The van der Waals surface area contributed by atoms with Gasteiger partial charge in [-0.2, -0.15) is 0 Å². The molecule has 0 unspecified atom stereocenters. The third-order valence-electron chi connectivity index (χ3n) is 4.86. The third-order valence-corrected chi connectivity index (χ3v) is 4.86. The Labute approximate surface area is 135 Å². The molecule has 3 heterocycles. The number of morpholine rings is 1. The molecule has 0 radical (unpaired) electrons. The van der Waals surface area contributed by atoms with Crippen LogP contribution in [0.15, 0.2) is 18.2 Å². The van der Waals surface area contributed by atoms with Crippen LogP contribution < -0.4 is 9.47 Å². The minimum absolute atomic E-state index is 0.0703. The van der Waals surface area contributed by atoms with Gasteiger partial charge in [-0.3, -0.25) is 9.69 Å². The molecule has 0 bridgehead atoms. The SMILES string of the molecule is CN1C[C@]2(CCN(Cc3ccc4c(c3)OCCO4)C2)OCC1=O. The first-order valence-electron chi connectivity index (χ1n) is 8.12. The number of ether oxygens (including phenoxy) is 3. The van der Waals surface area contributed by atoms with Gasteiger partial charge in [0, 0.05) is 26.7 Å². The number of likely N-dealkylation sites (N-methyl/N-ethyl adjacent to an activating group) is 1. The molecular weight excluding hydrogens is 296 g/mol. The summed E-state index contributed by atoms with van der Waals surface area (Å²) in [5.74, 6) is 1.73. The highest BCUT2D eigenvalue weighted by atomic mass is 16.6. The highest BCUT2D eigenvalue weighted by molar-refractivity contribution is 5.78. The van der Waals surface area contributed by atoms with Crippen molar-refractivity contribution in [3.8, 4) is 11.5 Å². The smallest absolute Gasteiger partial charge is 0.248 e. The summed E-state index contributed by atoms with van der Waals surface area (Å²) in [4.78, 5) is 15.8. The summed E-state index contributed by atoms with van der Waals surface area (Å²) < 4.78 is 17.1. The second kappa shape index (κ2) is 5.69. The Bertz CT molecular complexity index is 621. The molecule has 1 spiro atoms. The number of likely N-dealkylation sites (tertiary alicyclic amines) is 1. The second-order valence-electron chi connectivity index (χ2n) is 6.66. The maximum Gasteiger partial charge on any atom is 0.248 e. The van der Waals surface area contributed by atoms with Crippen molar-refractivity contribution in [3.05, 3.63) is 23.8 Å². The van der Waals surface area contributed by atoms with E-state index >= 15 is 0 Å². The van der Waals surface area contributed by atoms with Crippen molar-refractivity contribution in [2.24, 2.45) is 0 Å². The standard InChI is InChI=1S/C17H22N2O4/c1-18-11-17(23-10-16(18)20)4-5-19(12-17)9-13-2-3-14-15(8-13)22-7-6-21-14/h2-3,8H,4-7,9-12H2,1H3/t17-/m0/s1. The number of carbonyl (C=O) groups is 1. The number of carbonyl (C=O) groups excluding carboxylic acids is 1. The normalized spacial score (nSPS) is 27.7. The summed E-state index contributed by atoms with van der Waals surface area (Å²) in [5.41, 5.74) is 1.02. The molecule has 0 N–H and O–H groups in total. The molecule has 1 amide bonds. The van der Waals surface area contributed by atoms with E-state index in [1.54, 1.807) is 4.90 Å². The highest BCUT2D eigenvalue weighted by Crippen LogP contribution is 2.33. The number of benzene rings is 1. The van der Waals surface area contributed by atoms with Crippen molar-refractivity contribution in [3.63, 3.8) is 0 Å². The quantitative estimate of drug-likeness (QED) is 0.811. The predicted octanol–water partition coefficient (Wildman–Crippen LogP) is 0.891. The Morgan fingerprint density at radius 3 is 2.83 bits per heavy atom. The van der Waals surface area contributed by atoms with Crippen molar-refractivity contribution in [1.29, 1.82) is 0 Å². The van der Waals surface area contributed by atoms with Crippen molar-refractivity contribution in [2.45, 2.75) is 18.6 Å². The Kier molecular flexibility index (Phi) is 3.66. The fourth-order valence-corrected chi connectivity index (χ4v) is 3.64. The molecule has 0 saturated carbocycles. The molecule has 0 aromatic heterocycles. The van der Waals surface area contributed by atoms with Crippen LogP contribution in [-0.2, 0) is 16.1 Å². The zero-order valence-corrected chi connectivity index (χ0v) is 13.4. The minimum Gasteiger partial charge on any atom is -0.486 e. The molecule has 0 aliphatic carbocycles. The van der Waals surface area contributed by atoms with Gasteiger partial charge in [0.15, 0.2) is 11.5 Å². The number of hydrogen-bond acceptors (Lipinski definition) is 5. The van der Waals surface area contributed by atoms with Crippen LogP contribution in [0.1, 0.15) is 12.0 Å². The highest BCUT2D eigenvalue weighted by Gasteiger charge is 2.43. The monoisotopic (exact) mass is 318 g/mol. The van der Waals surface area contributed by atoms with Crippen LogP contribution in [0.4, 0.5) is 0 Å². The Balaban J connectivity index is 1.42. The minimum atomic E-state index is -0.198. The van der Waals surface area contributed by atoms with Gasteiger partial charge in [-0.15, -0.1) is 0 Å². The maximum absolute atomic E-state index is 11.6. The van der Waals surface area contributed by atoms with E-state index in [2.05, 4.69) is 17.0 Å². The number of fused-ring (bicyclic) bond motifs is 1. The van der Waals surface area contributed by atoms with Gasteiger partial charge >= 0.3 is 0 Å². The summed E-state index contributed by atoms with van der Waals surface area (Å²) in [5, 5.41) is 0. The Hall–Kier alpha value is -1.79. The fourth-order valence-electron chi connectivity index (χ4n) is 3.64. The van der Waals surface area contributed by atoms with E-state index in [0.717, 1.165) is 37.6 Å². The van der Waals surface area contributed by atoms with E-state index in [0.29, 0.717) is 19.8 Å². The fraction of sp³-hybridized carbons (Fsp3) is 0.588. The molecule has 4 rings (SSSR count). The second-order valence-corrected chi connectivity index (χ2v) is 6.66. The van der Waals surface area contributed by atoms with Crippen LogP contribution in [-0.4, -0.2) is 67.8 Å². The molecule has 1 atom stereocenters. The van der Waals surface area contributed by atoms with Crippen LogP contribution in [0.5, 0.6) is 11.5 Å². The van der Waals surface area contributed by atoms with E-state index in [9.17, 15) is 4.79 Å². The van der Waals surface area contributed by atoms with Gasteiger partial charge in [0.2, 0.25) is 5.91 Å². The van der Waals surface area contributed by atoms with Crippen molar-refractivity contribution >= 4 is 5.91 Å². The van der Waals surface area contributed by atoms with Gasteiger partial charge in [-0.05, 0) is 24.1 Å². The van der Waals surface area contributed by atoms with Crippen LogP contribution >= 0.6 is 0 Å². The largest absolute Gasteiger partial charge is 0.486 e. The first kappa shape index (κ1) is 14.8. The summed E-state index contributed by atoms with van der Waals surface area (Å²) in [6.45, 7) is 4.81. The molecule has 1 aromatic rings. The maximum atomic E-state index is 11.6. The summed E-state index contributed by atoms with van der Waals surface area (Å²) in [6, 6.07) is 6.14. The topological polar surface area (TPSA) is 51.2 Å². The molecule has 124 valence electrons. The molecule has 1 aromatic carbocycles. The lowest BCUT2D eigenvalue weighted by Gasteiger charge is -2.38. The Morgan fingerprint density at radius 2 is 2.00 bits per heavy atom. The number of amides is 1. The molecule has 2 saturated heterocycles. The van der Waals surface area contributed by atoms with Crippen LogP contribution in [0.2, 0.25) is 0 Å². The summed E-state index contributed by atoms with van der Waals surface area (Å²) in [6.07, 6.45) is 0.967. The molecule has 6 nitrogen and oxygen atoms in total. The van der Waals surface area contributed by atoms with Crippen molar-refractivity contribution in [2.75, 3.05) is 46.5 Å². The van der Waals surface area contributed by atoms with E-state index in [1.807, 2.05) is 13.1 Å². The van der Waals surface area contributed by atoms with Crippen LogP contribution in [0, 0.1) is 0 Å². The van der Waals surface area contributed by atoms with Gasteiger partial charge in [0.25, 0.3) is 0 Å². The zero-order valence-electron chi connectivity index (χ0n) is 13.4. The average molecular weight is 318 g/mol. The molecular formula is C17H22N2O4. The van der Waals surface area contributed by atoms with Gasteiger partial charge < -0.3 is 19.1 Å². The van der Waals surface area contributed by atoms with Crippen molar-refractivity contribution < 1.29 is 19.0 Å². The summed E-state index contributed by atoms with van der Waals surface area (Å²) >= 11 is 0. The molecule has 3 aliphatic rings. The van der Waals surface area contributed by atoms with Gasteiger partial charge in [0.05, 0.1) is 6.54 Å². The lowest BCUT2D eigenvalue weighted by atomic mass is 10.0. The van der Waals surface area contributed by atoms with Crippen molar-refractivity contribution in [1.82, 2.24) is 9.80 Å². The average Bonchev–Trinajstić information content (AvgIpc) is 2.94. The first-order valence-corrected chi connectivity index (χ1v) is 8.12. The zero-order chi connectivity index (χ0) is 15.9. The van der Waals surface area contributed by atoms with E-state index in [1.165, 1.54) is 5.56 Å². The van der Waals surface area contributed by atoms with E-state index < -0.39 is 0 Å². The molecule has 23 heavy (non-hydrogen) atoms. The van der Waals surface area contributed by atoms with Gasteiger partial charge in [-0.1, -0.05) is 6.07 Å². The molecule has 2 fully saturated rings. The van der Waals surface area contributed by atoms with Crippen LogP contribution in [0.3, 0.4) is 0 Å². The lowest BCUT2D eigenvalue weighted by Crippen LogP contribution is -2.54. The Morgan fingerprint density at radius 1 is 1.17 bits per heavy atom. The number of nitrogens with zero attached hydrogens (tertiary/aromatic N) is 2. The predicted molar refractivity (Wildman–Crippen MR) is 83.6 cm³/mol. The third kappa shape index (κ3) is 2.88.